The zero-order valence-electron chi connectivity index (χ0n) is 15.0. The fourth-order valence-corrected chi connectivity index (χ4v) is 2.63. The van der Waals surface area contributed by atoms with Crippen LogP contribution in [0.2, 0.25) is 0 Å². The van der Waals surface area contributed by atoms with Crippen LogP contribution in [0.25, 0.3) is 0 Å². The van der Waals surface area contributed by atoms with Gasteiger partial charge < -0.3 is 19.9 Å². The van der Waals surface area contributed by atoms with Crippen LogP contribution in [0.1, 0.15) is 12.8 Å². The number of nitrogens with zero attached hydrogens (tertiary/aromatic N) is 2. The molecule has 6 heteroatoms. The van der Waals surface area contributed by atoms with Gasteiger partial charge in [-0.05, 0) is 32.6 Å². The smallest absolute Gasteiger partial charge is 0.246 e. The van der Waals surface area contributed by atoms with Crippen molar-refractivity contribution in [1.82, 2.24) is 15.1 Å². The largest absolute Gasteiger partial charge is 0.492 e. The first kappa shape index (κ1) is 19.0. The highest BCUT2D eigenvalue weighted by atomic mass is 16.5. The van der Waals surface area contributed by atoms with Gasteiger partial charge in [0.1, 0.15) is 12.4 Å². The van der Waals surface area contributed by atoms with E-state index < -0.39 is 0 Å². The van der Waals surface area contributed by atoms with E-state index in [1.54, 1.807) is 4.90 Å². The summed E-state index contributed by atoms with van der Waals surface area (Å²) < 4.78 is 5.63. The van der Waals surface area contributed by atoms with Gasteiger partial charge >= 0.3 is 0 Å². The van der Waals surface area contributed by atoms with Gasteiger partial charge in [-0.1, -0.05) is 24.8 Å². The molecule has 1 N–H and O–H groups in total. The summed E-state index contributed by atoms with van der Waals surface area (Å²) in [5.74, 6) is 0.666. The normalized spacial score (nSPS) is 17.0. The van der Waals surface area contributed by atoms with Crippen LogP contribution in [0.15, 0.2) is 42.5 Å². The summed E-state index contributed by atoms with van der Waals surface area (Å²) in [4.78, 5) is 28.0. The molecule has 0 aromatic heterocycles. The molecule has 0 aliphatic carbocycles. The summed E-state index contributed by atoms with van der Waals surface area (Å²) in [6.07, 6.45) is 0.951. The second-order valence-electron chi connectivity index (χ2n) is 6.53. The number of rotatable bonds is 9. The van der Waals surface area contributed by atoms with Crippen molar-refractivity contribution < 1.29 is 14.3 Å². The Balaban J connectivity index is 1.72. The lowest BCUT2D eigenvalue weighted by atomic mass is 10.1. The molecule has 1 atom stereocenters. The summed E-state index contributed by atoms with van der Waals surface area (Å²) >= 11 is 0. The molecule has 0 bridgehead atoms. The number of hydrogen-bond donors (Lipinski definition) is 1. The Morgan fingerprint density at radius 2 is 2.08 bits per heavy atom. The highest BCUT2D eigenvalue weighted by Crippen LogP contribution is 2.13. The molecule has 1 unspecified atom stereocenters. The molecule has 1 heterocycles. The number of likely N-dealkylation sites (tertiary alicyclic amines) is 1. The minimum atomic E-state index is -0.165. The van der Waals surface area contributed by atoms with Gasteiger partial charge in [0.2, 0.25) is 11.8 Å². The molecule has 1 aromatic rings. The van der Waals surface area contributed by atoms with Crippen LogP contribution in [-0.2, 0) is 9.59 Å². The van der Waals surface area contributed by atoms with Gasteiger partial charge in [0.05, 0.1) is 12.6 Å². The van der Waals surface area contributed by atoms with E-state index in [0.717, 1.165) is 12.3 Å². The molecule has 0 spiro atoms. The molecule has 1 aliphatic rings. The highest BCUT2D eigenvalue weighted by Gasteiger charge is 2.30. The fourth-order valence-electron chi connectivity index (χ4n) is 2.63. The van der Waals surface area contributed by atoms with Crippen LogP contribution < -0.4 is 10.1 Å². The number of hydrogen-bond acceptors (Lipinski definition) is 4. The number of carbonyl (C=O) groups is 2. The fraction of sp³-hybridized carbons (Fsp3) is 0.474. The van der Waals surface area contributed by atoms with Crippen molar-refractivity contribution >= 4 is 11.8 Å². The topological polar surface area (TPSA) is 61.9 Å². The maximum absolute atomic E-state index is 12.1. The summed E-state index contributed by atoms with van der Waals surface area (Å²) in [5.41, 5.74) is 0.548. The monoisotopic (exact) mass is 345 g/mol. The molecule has 6 nitrogen and oxygen atoms in total. The Labute approximate surface area is 149 Å². The van der Waals surface area contributed by atoms with E-state index in [2.05, 4.69) is 11.9 Å². The van der Waals surface area contributed by atoms with Gasteiger partial charge in [0, 0.05) is 25.1 Å². The van der Waals surface area contributed by atoms with Gasteiger partial charge in [-0.15, -0.1) is 0 Å². The van der Waals surface area contributed by atoms with Gasteiger partial charge in [-0.3, -0.25) is 9.59 Å². The van der Waals surface area contributed by atoms with E-state index in [-0.39, 0.29) is 17.9 Å². The molecule has 136 valence electrons. The quantitative estimate of drug-likeness (QED) is 0.685. The maximum Gasteiger partial charge on any atom is 0.246 e. The predicted molar refractivity (Wildman–Crippen MR) is 97.4 cm³/mol. The maximum atomic E-state index is 12.1. The zero-order valence-corrected chi connectivity index (χ0v) is 15.0. The molecule has 0 saturated carbocycles. The van der Waals surface area contributed by atoms with Gasteiger partial charge in [-0.25, -0.2) is 0 Å². The van der Waals surface area contributed by atoms with Crippen LogP contribution in [0.3, 0.4) is 0 Å². The molecule has 1 aliphatic heterocycles. The van der Waals surface area contributed by atoms with Crippen LogP contribution in [-0.4, -0.2) is 68.0 Å². The van der Waals surface area contributed by atoms with Crippen LogP contribution in [0.4, 0.5) is 0 Å². The summed E-state index contributed by atoms with van der Waals surface area (Å²) in [6.45, 7) is 6.08. The van der Waals surface area contributed by atoms with Crippen molar-refractivity contribution in [2.75, 3.05) is 40.3 Å². The van der Waals surface area contributed by atoms with Crippen molar-refractivity contribution in [2.24, 2.45) is 0 Å². The minimum Gasteiger partial charge on any atom is -0.492 e. The first-order chi connectivity index (χ1) is 12.0. The number of benzene rings is 1. The van der Waals surface area contributed by atoms with Crippen molar-refractivity contribution in [1.29, 1.82) is 0 Å². The van der Waals surface area contributed by atoms with Crippen LogP contribution >= 0.6 is 0 Å². The second-order valence-corrected chi connectivity index (χ2v) is 6.53. The molecular formula is C19H27N3O3. The van der Waals surface area contributed by atoms with E-state index >= 15 is 0 Å². The van der Waals surface area contributed by atoms with Crippen molar-refractivity contribution in [3.8, 4) is 5.75 Å². The Kier molecular flexibility index (Phi) is 7.01. The third kappa shape index (κ3) is 6.23. The number of ether oxygens (including phenoxy) is 1. The predicted octanol–water partition coefficient (Wildman–Crippen LogP) is 1.29. The first-order valence-electron chi connectivity index (χ1n) is 8.54. The van der Waals surface area contributed by atoms with E-state index in [1.807, 2.05) is 49.3 Å². The second kappa shape index (κ2) is 9.22. The Morgan fingerprint density at radius 3 is 2.76 bits per heavy atom. The third-order valence-electron chi connectivity index (χ3n) is 4.10. The number of nitrogens with one attached hydrogen (secondary N) is 1. The van der Waals surface area contributed by atoms with Crippen LogP contribution in [0.5, 0.6) is 5.75 Å². The average molecular weight is 345 g/mol. The standard InChI is InChI=1S/C19H27N3O3/c1-15(9-10-21(2)3)19(24)20-16-13-18(23)22(14-16)11-12-25-17-7-5-4-6-8-17/h4-8,16H,1,9-14H2,2-3H3,(H,20,24). The van der Waals surface area contributed by atoms with Crippen molar-refractivity contribution in [2.45, 2.75) is 18.9 Å². The lowest BCUT2D eigenvalue weighted by Crippen LogP contribution is -2.38. The highest BCUT2D eigenvalue weighted by molar-refractivity contribution is 5.93. The molecule has 1 aromatic carbocycles. The lowest BCUT2D eigenvalue weighted by Gasteiger charge is -2.18. The summed E-state index contributed by atoms with van der Waals surface area (Å²) in [6, 6.07) is 9.35. The number of para-hydroxylation sites is 1. The van der Waals surface area contributed by atoms with E-state index in [1.165, 1.54) is 0 Å². The van der Waals surface area contributed by atoms with Gasteiger partial charge in [-0.2, -0.15) is 0 Å². The first-order valence-corrected chi connectivity index (χ1v) is 8.54. The third-order valence-corrected chi connectivity index (χ3v) is 4.10. The van der Waals surface area contributed by atoms with Gasteiger partial charge in [0.15, 0.2) is 0 Å². The number of amides is 2. The van der Waals surface area contributed by atoms with Crippen molar-refractivity contribution in [3.05, 3.63) is 42.5 Å². The van der Waals surface area contributed by atoms with Crippen molar-refractivity contribution in [3.63, 3.8) is 0 Å². The molecule has 0 radical (unpaired) electrons. The summed E-state index contributed by atoms with van der Waals surface area (Å²) in [7, 11) is 3.91. The van der Waals surface area contributed by atoms with Crippen LogP contribution in [0, 0.1) is 0 Å². The number of carbonyl (C=O) groups excluding carboxylic acids is 2. The average Bonchev–Trinajstić information content (AvgIpc) is 2.93. The molecular weight excluding hydrogens is 318 g/mol. The Hall–Kier alpha value is -2.34. The van der Waals surface area contributed by atoms with E-state index in [0.29, 0.717) is 38.1 Å². The zero-order chi connectivity index (χ0) is 18.2. The van der Waals surface area contributed by atoms with E-state index in [9.17, 15) is 9.59 Å². The van der Waals surface area contributed by atoms with Gasteiger partial charge in [0.25, 0.3) is 0 Å². The molecule has 25 heavy (non-hydrogen) atoms. The van der Waals surface area contributed by atoms with E-state index in [4.69, 9.17) is 4.74 Å². The Morgan fingerprint density at radius 1 is 1.36 bits per heavy atom. The Bertz CT molecular complexity index is 601. The molecule has 2 rings (SSSR count). The lowest BCUT2D eigenvalue weighted by molar-refractivity contribution is -0.128. The summed E-state index contributed by atoms with van der Waals surface area (Å²) in [5, 5.41) is 2.91. The molecule has 2 amide bonds. The molecule has 1 fully saturated rings. The molecule has 1 saturated heterocycles. The minimum absolute atomic E-state index is 0.0425. The SMILES string of the molecule is C=C(CCN(C)C)C(=O)NC1CC(=O)N(CCOc2ccccc2)C1.